The van der Waals surface area contributed by atoms with E-state index in [0.29, 0.717) is 11.7 Å². The van der Waals surface area contributed by atoms with E-state index in [1.54, 1.807) is 0 Å². The van der Waals surface area contributed by atoms with E-state index >= 15 is 0 Å². The number of anilines is 1. The van der Waals surface area contributed by atoms with Crippen LogP contribution in [0.2, 0.25) is 0 Å². The van der Waals surface area contributed by atoms with Crippen LogP contribution in [-0.4, -0.2) is 37.1 Å². The van der Waals surface area contributed by atoms with Gasteiger partial charge in [0.25, 0.3) is 0 Å². The molecule has 20 heavy (non-hydrogen) atoms. The summed E-state index contributed by atoms with van der Waals surface area (Å²) in [7, 11) is 0. The van der Waals surface area contributed by atoms with Gasteiger partial charge in [-0.05, 0) is 12.3 Å². The van der Waals surface area contributed by atoms with Gasteiger partial charge < -0.3 is 15.0 Å². The van der Waals surface area contributed by atoms with E-state index in [9.17, 15) is 4.79 Å². The Morgan fingerprint density at radius 2 is 2.30 bits per heavy atom. The van der Waals surface area contributed by atoms with Gasteiger partial charge in [-0.2, -0.15) is 0 Å². The van der Waals surface area contributed by atoms with E-state index < -0.39 is 5.97 Å². The van der Waals surface area contributed by atoms with E-state index in [-0.39, 0.29) is 5.69 Å². The lowest BCUT2D eigenvalue weighted by atomic mass is 9.99. The molecule has 2 aromatic rings. The maximum Gasteiger partial charge on any atom is 0.356 e. The average molecular weight is 273 g/mol. The first-order valence-corrected chi connectivity index (χ1v) is 6.51. The van der Waals surface area contributed by atoms with Crippen molar-refractivity contribution in [3.63, 3.8) is 0 Å². The third kappa shape index (κ3) is 2.61. The molecule has 1 aliphatic rings. The Hall–Kier alpha value is -2.44. The molecule has 1 unspecified atom stereocenters. The quantitative estimate of drug-likeness (QED) is 0.864. The van der Waals surface area contributed by atoms with Crippen LogP contribution >= 0.6 is 0 Å². The maximum atomic E-state index is 10.7. The van der Waals surface area contributed by atoms with Crippen LogP contribution in [0.1, 0.15) is 22.7 Å². The Bertz CT molecular complexity index is 607. The fourth-order valence-electron chi connectivity index (χ4n) is 2.38. The highest BCUT2D eigenvalue weighted by molar-refractivity contribution is 5.84. The fourth-order valence-corrected chi connectivity index (χ4v) is 2.38. The molecule has 0 aromatic carbocycles. The van der Waals surface area contributed by atoms with Crippen LogP contribution in [0.15, 0.2) is 24.8 Å². The molecule has 3 heterocycles. The van der Waals surface area contributed by atoms with Crippen molar-refractivity contribution < 1.29 is 9.90 Å². The second-order valence-electron chi connectivity index (χ2n) is 4.87. The van der Waals surface area contributed by atoms with Crippen LogP contribution < -0.4 is 5.32 Å². The van der Waals surface area contributed by atoms with E-state index in [1.165, 1.54) is 12.4 Å². The van der Waals surface area contributed by atoms with Crippen LogP contribution in [0.25, 0.3) is 0 Å². The number of carbonyl (C=O) groups is 1. The van der Waals surface area contributed by atoms with Gasteiger partial charge >= 0.3 is 5.97 Å². The lowest BCUT2D eigenvalue weighted by Crippen LogP contribution is -2.26. The Kier molecular flexibility index (Phi) is 3.32. The summed E-state index contributed by atoms with van der Waals surface area (Å²) < 4.78 is 2.18. The zero-order chi connectivity index (χ0) is 13.9. The van der Waals surface area contributed by atoms with Crippen molar-refractivity contribution in [1.82, 2.24) is 19.5 Å². The first-order valence-electron chi connectivity index (χ1n) is 6.51. The number of rotatable bonds is 4. The van der Waals surface area contributed by atoms with Crippen LogP contribution in [0, 0.1) is 5.92 Å². The lowest BCUT2D eigenvalue weighted by molar-refractivity contribution is 0.0690. The molecule has 2 N–H and O–H groups in total. The zero-order valence-electron chi connectivity index (χ0n) is 10.9. The summed E-state index contributed by atoms with van der Waals surface area (Å²) in [5.41, 5.74) is -0.0451. The summed E-state index contributed by atoms with van der Waals surface area (Å²) in [6.45, 7) is 1.74. The number of nitrogens with zero attached hydrogens (tertiary/aromatic N) is 4. The number of fused-ring (bicyclic) bond motifs is 1. The van der Waals surface area contributed by atoms with Crippen molar-refractivity contribution in [2.45, 2.75) is 19.4 Å². The van der Waals surface area contributed by atoms with Gasteiger partial charge in [-0.25, -0.2) is 19.7 Å². The summed E-state index contributed by atoms with van der Waals surface area (Å²) in [5, 5.41) is 12.0. The van der Waals surface area contributed by atoms with E-state index in [2.05, 4.69) is 24.8 Å². The van der Waals surface area contributed by atoms with E-state index in [4.69, 9.17) is 5.11 Å². The number of carboxylic acids is 1. The number of nitrogens with one attached hydrogen (secondary N) is 1. The Morgan fingerprint density at radius 3 is 3.05 bits per heavy atom. The normalized spacial score (nSPS) is 17.5. The van der Waals surface area contributed by atoms with Crippen LogP contribution in [0.4, 0.5) is 5.82 Å². The molecule has 2 aromatic heterocycles. The van der Waals surface area contributed by atoms with E-state index in [1.807, 2.05) is 12.4 Å². The van der Waals surface area contributed by atoms with Crippen molar-refractivity contribution in [2.75, 3.05) is 11.9 Å². The van der Waals surface area contributed by atoms with Crippen LogP contribution in [0.5, 0.6) is 0 Å². The number of hydrogen-bond donors (Lipinski definition) is 2. The molecule has 0 amide bonds. The average Bonchev–Trinajstić information content (AvgIpc) is 2.93. The lowest BCUT2D eigenvalue weighted by Gasteiger charge is -2.24. The molecule has 0 saturated carbocycles. The minimum absolute atomic E-state index is 0.0451. The number of carboxylic acid groups (broad SMARTS) is 1. The molecule has 7 heteroatoms. The molecule has 0 aliphatic carbocycles. The summed E-state index contributed by atoms with van der Waals surface area (Å²) >= 11 is 0. The fraction of sp³-hybridized carbons (Fsp3) is 0.385. The van der Waals surface area contributed by atoms with Gasteiger partial charge in [0, 0.05) is 31.9 Å². The number of aryl methyl sites for hydroxylation is 1. The molecule has 0 radical (unpaired) electrons. The number of aromatic nitrogens is 4. The zero-order valence-corrected chi connectivity index (χ0v) is 10.9. The maximum absolute atomic E-state index is 10.7. The largest absolute Gasteiger partial charge is 0.476 e. The third-order valence-corrected chi connectivity index (χ3v) is 3.48. The Labute approximate surface area is 115 Å². The molecule has 0 bridgehead atoms. The molecule has 7 nitrogen and oxygen atoms in total. The van der Waals surface area contributed by atoms with Crippen molar-refractivity contribution in [2.24, 2.45) is 5.92 Å². The first-order chi connectivity index (χ1) is 9.72. The second kappa shape index (κ2) is 5.28. The van der Waals surface area contributed by atoms with Crippen molar-refractivity contribution in [3.05, 3.63) is 36.3 Å². The van der Waals surface area contributed by atoms with Gasteiger partial charge in [0.15, 0.2) is 5.69 Å². The smallest absolute Gasteiger partial charge is 0.356 e. The van der Waals surface area contributed by atoms with Gasteiger partial charge in [-0.1, -0.05) is 0 Å². The van der Waals surface area contributed by atoms with Gasteiger partial charge in [-0.3, -0.25) is 0 Å². The number of aromatic carboxylic acids is 1. The van der Waals surface area contributed by atoms with Gasteiger partial charge in [0.1, 0.15) is 11.6 Å². The molecule has 0 spiro atoms. The molecule has 0 saturated heterocycles. The highest BCUT2D eigenvalue weighted by Crippen LogP contribution is 2.18. The van der Waals surface area contributed by atoms with Crippen molar-refractivity contribution >= 4 is 11.8 Å². The summed E-state index contributed by atoms with van der Waals surface area (Å²) in [6.07, 6.45) is 8.63. The monoisotopic (exact) mass is 273 g/mol. The van der Waals surface area contributed by atoms with Gasteiger partial charge in [-0.15, -0.1) is 0 Å². The summed E-state index contributed by atoms with van der Waals surface area (Å²) in [5.74, 6) is 1.19. The minimum Gasteiger partial charge on any atom is -0.476 e. The first kappa shape index (κ1) is 12.6. The van der Waals surface area contributed by atoms with Crippen LogP contribution in [0.3, 0.4) is 0 Å². The van der Waals surface area contributed by atoms with Crippen molar-refractivity contribution in [3.8, 4) is 0 Å². The minimum atomic E-state index is -1.07. The third-order valence-electron chi connectivity index (χ3n) is 3.48. The van der Waals surface area contributed by atoms with Gasteiger partial charge in [0.2, 0.25) is 0 Å². The standard InChI is InChI=1S/C13H15N5O2/c19-13(20)10-6-17-11(7-15-10)16-5-9-1-2-12-14-3-4-18(12)8-9/h3-4,6-7,9H,1-2,5,8H2,(H,16,17)(H,19,20). The predicted octanol–water partition coefficient (Wildman–Crippen LogP) is 1.05. The van der Waals surface area contributed by atoms with Gasteiger partial charge in [0.05, 0.1) is 12.4 Å². The number of hydrogen-bond acceptors (Lipinski definition) is 5. The summed E-state index contributed by atoms with van der Waals surface area (Å²) in [4.78, 5) is 22.9. The van der Waals surface area contributed by atoms with Crippen LogP contribution in [-0.2, 0) is 13.0 Å². The molecule has 104 valence electrons. The predicted molar refractivity (Wildman–Crippen MR) is 71.5 cm³/mol. The SMILES string of the molecule is O=C(O)c1cnc(NCC2CCc3nccn3C2)cn1. The number of imidazole rings is 1. The molecular formula is C13H15N5O2. The molecule has 1 aliphatic heterocycles. The molecule has 3 rings (SSSR count). The van der Waals surface area contributed by atoms with Crippen molar-refractivity contribution in [1.29, 1.82) is 0 Å². The molecular weight excluding hydrogens is 258 g/mol. The van der Waals surface area contributed by atoms with E-state index in [0.717, 1.165) is 31.8 Å². The topological polar surface area (TPSA) is 92.9 Å². The Balaban J connectivity index is 1.56. The highest BCUT2D eigenvalue weighted by atomic mass is 16.4. The second-order valence-corrected chi connectivity index (χ2v) is 4.87. The summed E-state index contributed by atoms with van der Waals surface area (Å²) in [6, 6.07) is 0. The molecule has 1 atom stereocenters. The molecule has 0 fully saturated rings. The Morgan fingerprint density at radius 1 is 1.40 bits per heavy atom. The highest BCUT2D eigenvalue weighted by Gasteiger charge is 2.18.